The molecule has 0 saturated heterocycles. The number of hydrogen-bond donors (Lipinski definition) is 2. The third-order valence-electron chi connectivity index (χ3n) is 2.62. The number of carboxylic acids is 1. The van der Waals surface area contributed by atoms with Crippen molar-refractivity contribution in [3.05, 3.63) is 0 Å². The van der Waals surface area contributed by atoms with Gasteiger partial charge in [-0.2, -0.15) is 11.8 Å². The molecule has 20 heavy (non-hydrogen) atoms. The van der Waals surface area contributed by atoms with Crippen molar-refractivity contribution < 1.29 is 24.2 Å². The van der Waals surface area contributed by atoms with Gasteiger partial charge in [0.1, 0.15) is 6.04 Å². The summed E-state index contributed by atoms with van der Waals surface area (Å²) in [6.45, 7) is 1.56. The molecular weight excluding hydrogens is 284 g/mol. The van der Waals surface area contributed by atoms with Crippen LogP contribution in [0.15, 0.2) is 0 Å². The number of hydrogen-bond acceptors (Lipinski definition) is 5. The van der Waals surface area contributed by atoms with Crippen molar-refractivity contribution in [3.63, 3.8) is 0 Å². The summed E-state index contributed by atoms with van der Waals surface area (Å²) in [6.07, 6.45) is 2.29. The molecule has 8 heteroatoms. The molecule has 0 aliphatic carbocycles. The fraction of sp³-hybridized carbons (Fsp3) is 0.833. The molecule has 0 saturated carbocycles. The van der Waals surface area contributed by atoms with E-state index in [0.717, 1.165) is 0 Å². The van der Waals surface area contributed by atoms with Crippen LogP contribution >= 0.6 is 11.8 Å². The molecule has 0 spiro atoms. The first-order valence-corrected chi connectivity index (χ1v) is 7.71. The van der Waals surface area contributed by atoms with Gasteiger partial charge in [0.2, 0.25) is 0 Å². The Balaban J connectivity index is 4.47. The summed E-state index contributed by atoms with van der Waals surface area (Å²) in [5.74, 6) is -0.348. The van der Waals surface area contributed by atoms with Crippen LogP contribution in [0.5, 0.6) is 0 Å². The first-order valence-electron chi connectivity index (χ1n) is 6.31. The number of amides is 2. The molecule has 0 radical (unpaired) electrons. The molecule has 7 nitrogen and oxygen atoms in total. The minimum absolute atomic E-state index is 0.389. The van der Waals surface area contributed by atoms with Crippen molar-refractivity contribution in [3.8, 4) is 0 Å². The van der Waals surface area contributed by atoms with Crippen LogP contribution in [0.4, 0.5) is 4.79 Å². The maximum Gasteiger partial charge on any atom is 0.326 e. The van der Waals surface area contributed by atoms with Crippen LogP contribution in [0, 0.1) is 0 Å². The molecule has 0 heterocycles. The van der Waals surface area contributed by atoms with Crippen LogP contribution in [0.1, 0.15) is 6.42 Å². The van der Waals surface area contributed by atoms with Gasteiger partial charge >= 0.3 is 12.0 Å². The molecule has 0 fully saturated rings. The quantitative estimate of drug-likeness (QED) is 0.578. The average Bonchev–Trinajstić information content (AvgIpc) is 2.43. The fourth-order valence-electron chi connectivity index (χ4n) is 1.45. The normalized spacial score (nSPS) is 11.9. The van der Waals surface area contributed by atoms with Gasteiger partial charge in [0.25, 0.3) is 0 Å². The van der Waals surface area contributed by atoms with E-state index in [1.54, 1.807) is 26.0 Å². The monoisotopic (exact) mass is 308 g/mol. The minimum atomic E-state index is -1.02. The van der Waals surface area contributed by atoms with Crippen molar-refractivity contribution in [1.29, 1.82) is 0 Å². The Morgan fingerprint density at radius 3 is 2.20 bits per heavy atom. The second-order valence-corrected chi connectivity index (χ2v) is 5.08. The molecule has 0 unspecified atom stereocenters. The SMILES string of the molecule is COCCN(CCOC)C(=O)N[C@H](CCSC)C(=O)O. The number of nitrogens with one attached hydrogen (secondary N) is 1. The number of thioether (sulfide) groups is 1. The van der Waals surface area contributed by atoms with E-state index in [0.29, 0.717) is 38.5 Å². The van der Waals surface area contributed by atoms with Gasteiger partial charge in [-0.1, -0.05) is 0 Å². The summed E-state index contributed by atoms with van der Waals surface area (Å²) in [5.41, 5.74) is 0. The lowest BCUT2D eigenvalue weighted by atomic mass is 10.2. The number of rotatable bonds is 11. The van der Waals surface area contributed by atoms with E-state index in [2.05, 4.69) is 5.32 Å². The van der Waals surface area contributed by atoms with E-state index >= 15 is 0 Å². The van der Waals surface area contributed by atoms with E-state index in [1.807, 2.05) is 6.26 Å². The van der Waals surface area contributed by atoms with Crippen LogP contribution < -0.4 is 5.32 Å². The molecular formula is C12H24N2O5S. The molecule has 0 aliphatic heterocycles. The van der Waals surface area contributed by atoms with E-state index in [-0.39, 0.29) is 0 Å². The molecule has 0 rings (SSSR count). The lowest BCUT2D eigenvalue weighted by molar-refractivity contribution is -0.139. The molecule has 0 aromatic heterocycles. The zero-order valence-electron chi connectivity index (χ0n) is 12.3. The highest BCUT2D eigenvalue weighted by molar-refractivity contribution is 7.98. The molecule has 118 valence electrons. The summed E-state index contributed by atoms with van der Waals surface area (Å²) in [7, 11) is 3.09. The third kappa shape index (κ3) is 8.23. The number of carboxylic acid groups (broad SMARTS) is 1. The largest absolute Gasteiger partial charge is 0.480 e. The fourth-order valence-corrected chi connectivity index (χ4v) is 1.92. The first kappa shape index (κ1) is 19.0. The number of carbonyl (C=O) groups is 2. The van der Waals surface area contributed by atoms with Gasteiger partial charge in [0.15, 0.2) is 0 Å². The highest BCUT2D eigenvalue weighted by Gasteiger charge is 2.22. The summed E-state index contributed by atoms with van der Waals surface area (Å²) >= 11 is 1.54. The third-order valence-corrected chi connectivity index (χ3v) is 3.27. The van der Waals surface area contributed by atoms with Crippen molar-refractivity contribution in [2.45, 2.75) is 12.5 Å². The Morgan fingerprint density at radius 1 is 1.25 bits per heavy atom. The van der Waals surface area contributed by atoms with E-state index < -0.39 is 18.0 Å². The lowest BCUT2D eigenvalue weighted by Crippen LogP contribution is -2.49. The van der Waals surface area contributed by atoms with Gasteiger partial charge in [-0.25, -0.2) is 9.59 Å². The summed E-state index contributed by atoms with van der Waals surface area (Å²) in [5, 5.41) is 11.6. The Bertz CT molecular complexity index is 283. The molecule has 2 N–H and O–H groups in total. The number of methoxy groups -OCH3 is 2. The van der Waals surface area contributed by atoms with Gasteiger partial charge in [-0.3, -0.25) is 0 Å². The highest BCUT2D eigenvalue weighted by atomic mass is 32.2. The zero-order chi connectivity index (χ0) is 15.4. The summed E-state index contributed by atoms with van der Waals surface area (Å²) < 4.78 is 9.88. The van der Waals surface area contributed by atoms with E-state index in [4.69, 9.17) is 14.6 Å². The van der Waals surface area contributed by atoms with Gasteiger partial charge < -0.3 is 24.8 Å². The van der Waals surface area contributed by atoms with Crippen molar-refractivity contribution >= 4 is 23.8 Å². The lowest BCUT2D eigenvalue weighted by Gasteiger charge is -2.24. The van der Waals surface area contributed by atoms with Crippen LogP contribution in [-0.4, -0.2) is 80.6 Å². The summed E-state index contributed by atoms with van der Waals surface area (Å²) in [6, 6.07) is -1.28. The van der Waals surface area contributed by atoms with Crippen molar-refractivity contribution in [2.75, 3.05) is 52.5 Å². The number of nitrogens with zero attached hydrogens (tertiary/aromatic N) is 1. The maximum atomic E-state index is 12.1. The van der Waals surface area contributed by atoms with Crippen LogP contribution in [0.3, 0.4) is 0 Å². The highest BCUT2D eigenvalue weighted by Crippen LogP contribution is 2.02. The number of urea groups is 1. The standard InChI is InChI=1S/C12H24N2O5S/c1-18-7-5-14(6-8-19-2)12(17)13-10(11(15)16)4-9-20-3/h10H,4-9H2,1-3H3,(H,13,17)(H,15,16)/t10-/m1/s1. The number of carbonyl (C=O) groups excluding carboxylic acids is 1. The zero-order valence-corrected chi connectivity index (χ0v) is 13.1. The van der Waals surface area contributed by atoms with Gasteiger partial charge in [-0.05, 0) is 18.4 Å². The molecule has 0 aromatic rings. The van der Waals surface area contributed by atoms with Gasteiger partial charge in [-0.15, -0.1) is 0 Å². The molecule has 0 aliphatic rings. The second-order valence-electron chi connectivity index (χ2n) is 4.09. The van der Waals surface area contributed by atoms with E-state index in [9.17, 15) is 9.59 Å². The van der Waals surface area contributed by atoms with Crippen LogP contribution in [0.25, 0.3) is 0 Å². The Labute approximate surface area is 124 Å². The predicted octanol–water partition coefficient (Wildman–Crippen LogP) is 0.497. The summed E-state index contributed by atoms with van der Waals surface area (Å²) in [4.78, 5) is 24.7. The topological polar surface area (TPSA) is 88.1 Å². The van der Waals surface area contributed by atoms with E-state index in [1.165, 1.54) is 4.90 Å². The Morgan fingerprint density at radius 2 is 1.80 bits per heavy atom. The second kappa shape index (κ2) is 11.8. The maximum absolute atomic E-state index is 12.1. The number of aliphatic carboxylic acids is 1. The van der Waals surface area contributed by atoms with Crippen molar-refractivity contribution in [1.82, 2.24) is 10.2 Å². The molecule has 0 bridgehead atoms. The minimum Gasteiger partial charge on any atom is -0.480 e. The average molecular weight is 308 g/mol. The smallest absolute Gasteiger partial charge is 0.326 e. The Hall–Kier alpha value is -0.990. The van der Waals surface area contributed by atoms with Crippen LogP contribution in [0.2, 0.25) is 0 Å². The van der Waals surface area contributed by atoms with Crippen molar-refractivity contribution in [2.24, 2.45) is 0 Å². The first-order chi connectivity index (χ1) is 9.56. The molecule has 0 aromatic carbocycles. The Kier molecular flexibility index (Phi) is 11.2. The predicted molar refractivity (Wildman–Crippen MR) is 78.3 cm³/mol. The molecule has 1 atom stereocenters. The molecule has 2 amide bonds. The van der Waals surface area contributed by atoms with Gasteiger partial charge in [0, 0.05) is 27.3 Å². The van der Waals surface area contributed by atoms with Crippen LogP contribution in [-0.2, 0) is 14.3 Å². The number of ether oxygens (including phenoxy) is 2. The van der Waals surface area contributed by atoms with Gasteiger partial charge in [0.05, 0.1) is 13.2 Å².